The Hall–Kier alpha value is -1.37. The molecule has 2 N–H and O–H groups in total. The van der Waals surface area contributed by atoms with Crippen LogP contribution in [0.5, 0.6) is 0 Å². The van der Waals surface area contributed by atoms with Crippen LogP contribution in [-0.4, -0.2) is 27.3 Å². The highest BCUT2D eigenvalue weighted by Gasteiger charge is 2.28. The number of nitrogens with zero attached hydrogens (tertiary/aromatic N) is 2. The normalized spacial score (nSPS) is 14.1. The van der Waals surface area contributed by atoms with Crippen molar-refractivity contribution in [3.8, 4) is 0 Å². The fourth-order valence-electron chi connectivity index (χ4n) is 2.15. The van der Waals surface area contributed by atoms with Gasteiger partial charge in [-0.1, -0.05) is 31.5 Å². The van der Waals surface area contributed by atoms with Crippen molar-refractivity contribution in [1.82, 2.24) is 15.1 Å². The second-order valence-corrected chi connectivity index (χ2v) is 7.07. The molecule has 2 rings (SSSR count). The van der Waals surface area contributed by atoms with E-state index in [4.69, 9.17) is 11.6 Å². The number of hydrogen-bond donors (Lipinski definition) is 2. The molecule has 1 atom stereocenters. The number of carbonyl (C=O) groups excluding carboxylic acids is 1. The molecule has 0 spiro atoms. The number of hydrogen-bond acceptors (Lipinski definition) is 4. The van der Waals surface area contributed by atoms with Crippen molar-refractivity contribution in [2.75, 3.05) is 6.54 Å². The van der Waals surface area contributed by atoms with E-state index in [1.807, 2.05) is 31.4 Å². The van der Waals surface area contributed by atoms with E-state index in [-0.39, 0.29) is 18.4 Å². The van der Waals surface area contributed by atoms with Gasteiger partial charge in [0.25, 0.3) is 5.91 Å². The van der Waals surface area contributed by atoms with Crippen LogP contribution in [0.3, 0.4) is 0 Å². The summed E-state index contributed by atoms with van der Waals surface area (Å²) in [5.41, 5.74) is -0.0850. The summed E-state index contributed by atoms with van der Waals surface area (Å²) in [7, 11) is 1.70. The third kappa shape index (κ3) is 3.34. The molecule has 0 bridgehead atoms. The summed E-state index contributed by atoms with van der Waals surface area (Å²) in [4.78, 5) is 13.3. The zero-order valence-corrected chi connectivity index (χ0v) is 14.6. The van der Waals surface area contributed by atoms with Crippen LogP contribution in [0.15, 0.2) is 17.5 Å². The Morgan fingerprint density at radius 1 is 1.59 bits per heavy atom. The highest BCUT2D eigenvalue weighted by molar-refractivity contribution is 7.10. The van der Waals surface area contributed by atoms with Gasteiger partial charge < -0.3 is 10.4 Å². The van der Waals surface area contributed by atoms with Gasteiger partial charge in [0.2, 0.25) is 0 Å². The molecule has 0 saturated carbocycles. The fraction of sp³-hybridized carbons (Fsp3) is 0.467. The lowest BCUT2D eigenvalue weighted by Gasteiger charge is -2.22. The van der Waals surface area contributed by atoms with Crippen molar-refractivity contribution in [2.24, 2.45) is 7.05 Å². The molecule has 5 nitrogen and oxygen atoms in total. The van der Waals surface area contributed by atoms with Crippen LogP contribution in [0, 0.1) is 0 Å². The molecule has 1 unspecified atom stereocenters. The first-order valence-electron chi connectivity index (χ1n) is 7.01. The van der Waals surface area contributed by atoms with Gasteiger partial charge in [-0.05, 0) is 24.3 Å². The van der Waals surface area contributed by atoms with Crippen LogP contribution in [-0.2, 0) is 12.6 Å². The standard InChI is InChI=1S/C15H20ClN3O2S/c1-9(2)12-11(13(16)19(4)18-12)14(20)17-8-15(3,21)10-6-5-7-22-10/h5-7,9,21H,8H2,1-4H3,(H,17,20). The number of halogens is 1. The molecule has 120 valence electrons. The van der Waals surface area contributed by atoms with Crippen LogP contribution < -0.4 is 5.32 Å². The molecule has 2 aromatic heterocycles. The lowest BCUT2D eigenvalue weighted by Crippen LogP contribution is -2.38. The fourth-order valence-corrected chi connectivity index (χ4v) is 3.16. The first-order chi connectivity index (χ1) is 10.2. The Balaban J connectivity index is 2.17. The lowest BCUT2D eigenvalue weighted by atomic mass is 10.0. The molecular weight excluding hydrogens is 322 g/mol. The maximum atomic E-state index is 12.5. The average molecular weight is 342 g/mol. The van der Waals surface area contributed by atoms with Gasteiger partial charge in [0.1, 0.15) is 10.8 Å². The molecule has 0 aliphatic heterocycles. The van der Waals surface area contributed by atoms with Gasteiger partial charge >= 0.3 is 0 Å². The quantitative estimate of drug-likeness (QED) is 0.878. The van der Waals surface area contributed by atoms with Crippen molar-refractivity contribution >= 4 is 28.8 Å². The molecule has 0 fully saturated rings. The highest BCUT2D eigenvalue weighted by atomic mass is 35.5. The van der Waals surface area contributed by atoms with E-state index < -0.39 is 5.60 Å². The predicted molar refractivity (Wildman–Crippen MR) is 88.5 cm³/mol. The van der Waals surface area contributed by atoms with Crippen molar-refractivity contribution in [2.45, 2.75) is 32.3 Å². The Labute approximate surface area is 138 Å². The van der Waals surface area contributed by atoms with E-state index in [9.17, 15) is 9.90 Å². The Kier molecular flexibility index (Phi) is 4.94. The average Bonchev–Trinajstić information content (AvgIpc) is 3.06. The lowest BCUT2D eigenvalue weighted by molar-refractivity contribution is 0.0556. The minimum atomic E-state index is -1.11. The van der Waals surface area contributed by atoms with E-state index in [2.05, 4.69) is 10.4 Å². The van der Waals surface area contributed by atoms with Crippen molar-refractivity contribution in [1.29, 1.82) is 0 Å². The van der Waals surface area contributed by atoms with Gasteiger partial charge in [0.15, 0.2) is 0 Å². The number of aryl methyl sites for hydroxylation is 1. The SMILES string of the molecule is CC(C)c1nn(C)c(Cl)c1C(=O)NCC(C)(O)c1cccs1. The molecule has 2 heterocycles. The number of rotatable bonds is 5. The minimum absolute atomic E-state index is 0.0808. The van der Waals surface area contributed by atoms with Crippen LogP contribution in [0.25, 0.3) is 0 Å². The summed E-state index contributed by atoms with van der Waals surface area (Å²) in [5.74, 6) is -0.240. The van der Waals surface area contributed by atoms with E-state index in [1.54, 1.807) is 14.0 Å². The van der Waals surface area contributed by atoms with Gasteiger partial charge in [-0.25, -0.2) is 0 Å². The van der Waals surface area contributed by atoms with Gasteiger partial charge in [-0.3, -0.25) is 9.48 Å². The summed E-state index contributed by atoms with van der Waals surface area (Å²) in [6, 6.07) is 3.71. The van der Waals surface area contributed by atoms with Crippen molar-refractivity contribution < 1.29 is 9.90 Å². The molecule has 2 aromatic rings. The summed E-state index contributed by atoms with van der Waals surface area (Å²) in [6.45, 7) is 5.69. The minimum Gasteiger partial charge on any atom is -0.383 e. The maximum absolute atomic E-state index is 12.5. The number of aliphatic hydroxyl groups is 1. The van der Waals surface area contributed by atoms with Gasteiger partial charge in [0.05, 0.1) is 17.8 Å². The van der Waals surface area contributed by atoms with Crippen molar-refractivity contribution in [3.05, 3.63) is 38.8 Å². The first kappa shape index (κ1) is 17.0. The molecule has 0 saturated heterocycles. The zero-order chi connectivity index (χ0) is 16.5. The number of nitrogens with one attached hydrogen (secondary N) is 1. The summed E-state index contributed by atoms with van der Waals surface area (Å²) in [5, 5.41) is 19.7. The number of carbonyl (C=O) groups is 1. The van der Waals surface area contributed by atoms with Crippen LogP contribution >= 0.6 is 22.9 Å². The van der Waals surface area contributed by atoms with Gasteiger partial charge in [-0.2, -0.15) is 5.10 Å². The molecule has 22 heavy (non-hydrogen) atoms. The number of aromatic nitrogens is 2. The second kappa shape index (κ2) is 6.40. The Bertz CT molecular complexity index is 663. The van der Waals surface area contributed by atoms with Crippen LogP contribution in [0.1, 0.15) is 47.6 Å². The predicted octanol–water partition coefficient (Wildman–Crippen LogP) is 2.90. The van der Waals surface area contributed by atoms with E-state index in [1.165, 1.54) is 16.0 Å². The third-order valence-electron chi connectivity index (χ3n) is 3.42. The smallest absolute Gasteiger partial charge is 0.256 e. The number of thiophene rings is 1. The maximum Gasteiger partial charge on any atom is 0.256 e. The topological polar surface area (TPSA) is 67.2 Å². The molecular formula is C15H20ClN3O2S. The summed E-state index contributed by atoms with van der Waals surface area (Å²) < 4.78 is 1.49. The largest absolute Gasteiger partial charge is 0.383 e. The van der Waals surface area contributed by atoms with Crippen LogP contribution in [0.2, 0.25) is 5.15 Å². The Morgan fingerprint density at radius 3 is 2.82 bits per heavy atom. The molecule has 1 amide bonds. The third-order valence-corrected chi connectivity index (χ3v) is 4.98. The van der Waals surface area contributed by atoms with Gasteiger partial charge in [0, 0.05) is 11.9 Å². The first-order valence-corrected chi connectivity index (χ1v) is 8.26. The van der Waals surface area contributed by atoms with E-state index in [0.29, 0.717) is 16.4 Å². The van der Waals surface area contributed by atoms with Gasteiger partial charge in [-0.15, -0.1) is 11.3 Å². The Morgan fingerprint density at radius 2 is 2.27 bits per heavy atom. The summed E-state index contributed by atoms with van der Waals surface area (Å²) >= 11 is 7.63. The van der Waals surface area contributed by atoms with E-state index in [0.717, 1.165) is 4.88 Å². The molecule has 0 aliphatic carbocycles. The molecule has 7 heteroatoms. The molecule has 0 aromatic carbocycles. The molecule has 0 aliphatic rings. The zero-order valence-electron chi connectivity index (χ0n) is 13.1. The van der Waals surface area contributed by atoms with Crippen LogP contribution in [0.4, 0.5) is 0 Å². The second-order valence-electron chi connectivity index (χ2n) is 5.76. The van der Waals surface area contributed by atoms with Crippen molar-refractivity contribution in [3.63, 3.8) is 0 Å². The summed E-state index contributed by atoms with van der Waals surface area (Å²) in [6.07, 6.45) is 0. The molecule has 0 radical (unpaired) electrons. The highest BCUT2D eigenvalue weighted by Crippen LogP contribution is 2.27. The van der Waals surface area contributed by atoms with E-state index >= 15 is 0 Å². The number of amides is 1. The monoisotopic (exact) mass is 341 g/mol.